The predicted octanol–water partition coefficient (Wildman–Crippen LogP) is 5.85. The highest BCUT2D eigenvalue weighted by Crippen LogP contribution is 2.34. The van der Waals surface area contributed by atoms with Crippen molar-refractivity contribution in [1.29, 1.82) is 0 Å². The van der Waals surface area contributed by atoms with Crippen LogP contribution in [0.5, 0.6) is 0 Å². The average Bonchev–Trinajstić information content (AvgIpc) is 3.18. The number of halogens is 1. The topological polar surface area (TPSA) is 31.9 Å². The number of benzene rings is 2. The summed E-state index contributed by atoms with van der Waals surface area (Å²) in [5.74, 6) is 0.213. The molecule has 0 aliphatic carbocycles. The highest BCUT2D eigenvalue weighted by atomic mass is 19.1. The minimum atomic E-state index is -0.102. The van der Waals surface area contributed by atoms with Gasteiger partial charge in [-0.1, -0.05) is 42.5 Å². The van der Waals surface area contributed by atoms with Gasteiger partial charge >= 0.3 is 0 Å². The van der Waals surface area contributed by atoms with Crippen LogP contribution in [0.4, 0.5) is 4.39 Å². The molecule has 1 fully saturated rings. The van der Waals surface area contributed by atoms with E-state index in [0.29, 0.717) is 5.92 Å². The summed E-state index contributed by atoms with van der Waals surface area (Å²) < 4.78 is 15.0. The van der Waals surface area contributed by atoms with Gasteiger partial charge in [0.25, 0.3) is 0 Å². The van der Waals surface area contributed by atoms with Crippen LogP contribution in [-0.2, 0) is 0 Å². The van der Waals surface area contributed by atoms with Crippen molar-refractivity contribution in [1.82, 2.24) is 14.9 Å². The summed E-state index contributed by atoms with van der Waals surface area (Å²) in [5.41, 5.74) is 5.75. The van der Waals surface area contributed by atoms with E-state index in [1.54, 1.807) is 6.07 Å². The van der Waals surface area contributed by atoms with E-state index in [0.717, 1.165) is 64.8 Å². The Balaban J connectivity index is 1.50. The van der Waals surface area contributed by atoms with Crippen LogP contribution in [0.1, 0.15) is 24.3 Å². The number of rotatable bonds is 3. The fourth-order valence-corrected chi connectivity index (χ4v) is 4.38. The number of pyridine rings is 1. The van der Waals surface area contributed by atoms with Gasteiger partial charge in [0.15, 0.2) is 0 Å². The first-order chi connectivity index (χ1) is 14.2. The van der Waals surface area contributed by atoms with Gasteiger partial charge in [0.2, 0.25) is 0 Å². The van der Waals surface area contributed by atoms with Crippen LogP contribution < -0.4 is 0 Å². The van der Waals surface area contributed by atoms with Crippen molar-refractivity contribution in [2.45, 2.75) is 18.8 Å². The summed E-state index contributed by atoms with van der Waals surface area (Å²) in [6.45, 7) is 2.06. The summed E-state index contributed by atoms with van der Waals surface area (Å²) in [6, 6.07) is 18.0. The third kappa shape index (κ3) is 3.45. The van der Waals surface area contributed by atoms with Gasteiger partial charge in [0, 0.05) is 28.9 Å². The van der Waals surface area contributed by atoms with Crippen molar-refractivity contribution in [2.75, 3.05) is 20.1 Å². The molecule has 3 heterocycles. The zero-order chi connectivity index (χ0) is 19.8. The Morgan fingerprint density at radius 1 is 0.966 bits per heavy atom. The number of fused-ring (bicyclic) bond motifs is 1. The lowest BCUT2D eigenvalue weighted by atomic mass is 9.88. The molecule has 0 atom stereocenters. The summed E-state index contributed by atoms with van der Waals surface area (Å²) >= 11 is 0. The molecule has 2 aromatic heterocycles. The lowest BCUT2D eigenvalue weighted by Crippen LogP contribution is -2.29. The van der Waals surface area contributed by atoms with Crippen molar-refractivity contribution >= 4 is 11.0 Å². The van der Waals surface area contributed by atoms with Gasteiger partial charge < -0.3 is 9.88 Å². The zero-order valence-electron chi connectivity index (χ0n) is 16.5. The molecule has 4 heteroatoms. The molecule has 1 aliphatic rings. The van der Waals surface area contributed by atoms with E-state index >= 15 is 0 Å². The average molecular weight is 385 g/mol. The Labute approximate surface area is 170 Å². The molecule has 1 saturated heterocycles. The number of H-pyrrole nitrogens is 1. The van der Waals surface area contributed by atoms with Crippen molar-refractivity contribution < 1.29 is 4.39 Å². The number of aromatic nitrogens is 2. The Hall–Kier alpha value is -2.98. The first kappa shape index (κ1) is 18.1. The van der Waals surface area contributed by atoms with Gasteiger partial charge in [0.05, 0.1) is 0 Å². The van der Waals surface area contributed by atoms with Gasteiger partial charge in [-0.25, -0.2) is 9.37 Å². The number of aromatic amines is 1. The molecular formula is C25H24FN3. The lowest BCUT2D eigenvalue weighted by Gasteiger charge is -2.29. The number of hydrogen-bond acceptors (Lipinski definition) is 2. The van der Waals surface area contributed by atoms with E-state index in [2.05, 4.69) is 40.1 Å². The van der Waals surface area contributed by atoms with Crippen molar-refractivity contribution in [3.05, 3.63) is 78.4 Å². The Morgan fingerprint density at radius 2 is 1.76 bits per heavy atom. The number of hydrogen-bond donors (Lipinski definition) is 1. The van der Waals surface area contributed by atoms with Crippen molar-refractivity contribution in [3.8, 4) is 22.3 Å². The second-order valence-corrected chi connectivity index (χ2v) is 8.00. The van der Waals surface area contributed by atoms with Crippen LogP contribution in [0.25, 0.3) is 33.3 Å². The standard InChI is InChI=1S/C25H24FN3/c1-29-11-9-18(10-12-29)21-8-7-19(14-24(21)26)20-13-22-23(16-28-25(22)27-15-20)17-5-3-2-4-6-17/h2-8,13-16,18H,9-12H2,1H3,(H,27,28). The zero-order valence-corrected chi connectivity index (χ0v) is 16.5. The molecule has 0 amide bonds. The molecule has 29 heavy (non-hydrogen) atoms. The molecule has 3 nitrogen and oxygen atoms in total. The maximum Gasteiger partial charge on any atom is 0.137 e. The summed E-state index contributed by atoms with van der Waals surface area (Å²) in [7, 11) is 2.13. The largest absolute Gasteiger partial charge is 0.346 e. The van der Waals surface area contributed by atoms with E-state index in [4.69, 9.17) is 0 Å². The molecule has 0 unspecified atom stereocenters. The molecule has 0 spiro atoms. The lowest BCUT2D eigenvalue weighted by molar-refractivity contribution is 0.253. The van der Waals surface area contributed by atoms with Crippen LogP contribution in [-0.4, -0.2) is 35.0 Å². The van der Waals surface area contributed by atoms with Crippen LogP contribution in [0.2, 0.25) is 0 Å². The second kappa shape index (κ2) is 7.45. The summed E-state index contributed by atoms with van der Waals surface area (Å²) in [5, 5.41) is 1.05. The molecule has 0 bridgehead atoms. The third-order valence-corrected chi connectivity index (χ3v) is 6.11. The minimum absolute atomic E-state index is 0.102. The van der Waals surface area contributed by atoms with Gasteiger partial charge in [0.1, 0.15) is 11.5 Å². The summed E-state index contributed by atoms with van der Waals surface area (Å²) in [4.78, 5) is 10.1. The predicted molar refractivity (Wildman–Crippen MR) is 116 cm³/mol. The quantitative estimate of drug-likeness (QED) is 0.480. The number of nitrogens with zero attached hydrogens (tertiary/aromatic N) is 2. The number of likely N-dealkylation sites (tertiary alicyclic amines) is 1. The van der Waals surface area contributed by atoms with E-state index in [1.807, 2.05) is 42.7 Å². The molecule has 0 saturated carbocycles. The van der Waals surface area contributed by atoms with Gasteiger partial charge in [-0.05, 0) is 67.7 Å². The molecule has 4 aromatic rings. The fourth-order valence-electron chi connectivity index (χ4n) is 4.38. The SMILES string of the molecule is CN1CCC(c2ccc(-c3cnc4[nH]cc(-c5ccccc5)c4c3)cc2F)CC1. The molecule has 146 valence electrons. The van der Waals surface area contributed by atoms with E-state index in [9.17, 15) is 4.39 Å². The highest BCUT2D eigenvalue weighted by molar-refractivity contribution is 5.95. The molecular weight excluding hydrogens is 361 g/mol. The Bertz CT molecular complexity index is 1140. The fraction of sp³-hybridized carbons (Fsp3) is 0.240. The van der Waals surface area contributed by atoms with Crippen molar-refractivity contribution in [2.24, 2.45) is 0 Å². The van der Waals surface area contributed by atoms with E-state index in [1.165, 1.54) is 0 Å². The second-order valence-electron chi connectivity index (χ2n) is 8.00. The smallest absolute Gasteiger partial charge is 0.137 e. The Kier molecular flexibility index (Phi) is 4.64. The highest BCUT2D eigenvalue weighted by Gasteiger charge is 2.21. The number of piperidine rings is 1. The van der Waals surface area contributed by atoms with Crippen LogP contribution >= 0.6 is 0 Å². The van der Waals surface area contributed by atoms with Gasteiger partial charge in [-0.15, -0.1) is 0 Å². The molecule has 1 aliphatic heterocycles. The maximum absolute atomic E-state index is 15.0. The van der Waals surface area contributed by atoms with E-state index < -0.39 is 0 Å². The van der Waals surface area contributed by atoms with Gasteiger partial charge in [-0.3, -0.25) is 0 Å². The molecule has 1 N–H and O–H groups in total. The van der Waals surface area contributed by atoms with Gasteiger partial charge in [-0.2, -0.15) is 0 Å². The number of nitrogens with one attached hydrogen (secondary N) is 1. The first-order valence-electron chi connectivity index (χ1n) is 10.2. The Morgan fingerprint density at radius 3 is 2.52 bits per heavy atom. The molecule has 2 aromatic carbocycles. The van der Waals surface area contributed by atoms with Crippen molar-refractivity contribution in [3.63, 3.8) is 0 Å². The monoisotopic (exact) mass is 385 g/mol. The van der Waals surface area contributed by atoms with Crippen LogP contribution in [0.15, 0.2) is 67.0 Å². The third-order valence-electron chi connectivity index (χ3n) is 6.11. The first-order valence-corrected chi connectivity index (χ1v) is 10.2. The maximum atomic E-state index is 15.0. The minimum Gasteiger partial charge on any atom is -0.346 e. The molecule has 5 rings (SSSR count). The normalized spacial score (nSPS) is 15.8. The van der Waals surface area contributed by atoms with Crippen LogP contribution in [0, 0.1) is 5.82 Å². The molecule has 0 radical (unpaired) electrons. The summed E-state index contributed by atoms with van der Waals surface area (Å²) in [6.07, 6.45) is 5.84. The van der Waals surface area contributed by atoms with E-state index in [-0.39, 0.29) is 5.82 Å². The van der Waals surface area contributed by atoms with Crippen LogP contribution in [0.3, 0.4) is 0 Å².